The molecule has 1 fully saturated rings. The van der Waals surface area contributed by atoms with Crippen molar-refractivity contribution in [3.8, 4) is 0 Å². The zero-order valence-electron chi connectivity index (χ0n) is 12.5. The van der Waals surface area contributed by atoms with Gasteiger partial charge in [0.05, 0.1) is 5.56 Å². The van der Waals surface area contributed by atoms with Gasteiger partial charge in [-0.25, -0.2) is 0 Å². The van der Waals surface area contributed by atoms with Crippen molar-refractivity contribution in [1.29, 1.82) is 0 Å². The molecular formula is C16H22ClIN2O. The molecule has 3 nitrogen and oxygen atoms in total. The Bertz CT molecular complexity index is 499. The standard InChI is InChI=1S/C16H22ClIN2O/c1-11-7-12(2)10-20(9-11)6-5-19-16(21)14-8-13(17)3-4-15(14)18/h3-4,8,11-12H,5-7,9-10H2,1-2H3,(H,19,21). The van der Waals surface area contributed by atoms with Crippen LogP contribution in [0.4, 0.5) is 0 Å². The van der Waals surface area contributed by atoms with Crippen molar-refractivity contribution >= 4 is 40.1 Å². The van der Waals surface area contributed by atoms with Crippen LogP contribution in [0.3, 0.4) is 0 Å². The number of carbonyl (C=O) groups excluding carboxylic acids is 1. The average molecular weight is 421 g/mol. The quantitative estimate of drug-likeness (QED) is 0.754. The minimum absolute atomic E-state index is 0.0417. The molecule has 0 aliphatic carbocycles. The van der Waals surface area contributed by atoms with Crippen LogP contribution in [-0.2, 0) is 0 Å². The van der Waals surface area contributed by atoms with E-state index in [1.165, 1.54) is 6.42 Å². The summed E-state index contributed by atoms with van der Waals surface area (Å²) in [6.07, 6.45) is 1.31. The number of halogens is 2. The third-order valence-electron chi connectivity index (χ3n) is 3.83. The maximum absolute atomic E-state index is 12.2. The second-order valence-corrected chi connectivity index (χ2v) is 7.68. The molecule has 0 saturated carbocycles. The van der Waals surface area contributed by atoms with Gasteiger partial charge in [-0.15, -0.1) is 0 Å². The van der Waals surface area contributed by atoms with Gasteiger partial charge in [-0.2, -0.15) is 0 Å². The Labute approximate surface area is 145 Å². The van der Waals surface area contributed by atoms with E-state index in [1.54, 1.807) is 12.1 Å². The second kappa shape index (κ2) is 7.79. The van der Waals surface area contributed by atoms with Crippen LogP contribution in [0.25, 0.3) is 0 Å². The number of rotatable bonds is 4. The van der Waals surface area contributed by atoms with E-state index in [9.17, 15) is 4.79 Å². The first kappa shape index (κ1) is 17.0. The summed E-state index contributed by atoms with van der Waals surface area (Å²) in [4.78, 5) is 14.6. The van der Waals surface area contributed by atoms with Gasteiger partial charge in [0.1, 0.15) is 0 Å². The predicted octanol–water partition coefficient (Wildman–Crippen LogP) is 3.65. The van der Waals surface area contributed by atoms with Gasteiger partial charge in [0.15, 0.2) is 0 Å². The zero-order chi connectivity index (χ0) is 15.4. The molecule has 1 amide bonds. The van der Waals surface area contributed by atoms with E-state index in [0.29, 0.717) is 17.1 Å². The molecule has 116 valence electrons. The van der Waals surface area contributed by atoms with Gasteiger partial charge in [-0.3, -0.25) is 4.79 Å². The van der Waals surface area contributed by atoms with Gasteiger partial charge >= 0.3 is 0 Å². The van der Waals surface area contributed by atoms with Gasteiger partial charge < -0.3 is 10.2 Å². The predicted molar refractivity (Wildman–Crippen MR) is 95.9 cm³/mol. The Kier molecular flexibility index (Phi) is 6.32. The van der Waals surface area contributed by atoms with Crippen molar-refractivity contribution in [2.75, 3.05) is 26.2 Å². The van der Waals surface area contributed by atoms with E-state index in [0.717, 1.165) is 35.0 Å². The van der Waals surface area contributed by atoms with Crippen molar-refractivity contribution in [1.82, 2.24) is 10.2 Å². The SMILES string of the molecule is CC1CC(C)CN(CCNC(=O)c2cc(Cl)ccc2I)C1. The monoisotopic (exact) mass is 420 g/mol. The molecule has 5 heteroatoms. The summed E-state index contributed by atoms with van der Waals surface area (Å²) in [5, 5.41) is 3.60. The van der Waals surface area contributed by atoms with Crippen molar-refractivity contribution in [3.63, 3.8) is 0 Å². The van der Waals surface area contributed by atoms with E-state index in [1.807, 2.05) is 6.07 Å². The molecule has 1 saturated heterocycles. The number of likely N-dealkylation sites (tertiary alicyclic amines) is 1. The van der Waals surface area contributed by atoms with E-state index >= 15 is 0 Å². The molecule has 0 bridgehead atoms. The third-order valence-corrected chi connectivity index (χ3v) is 5.01. The molecule has 1 aliphatic heterocycles. The van der Waals surface area contributed by atoms with Crippen LogP contribution in [0.1, 0.15) is 30.6 Å². The lowest BCUT2D eigenvalue weighted by Gasteiger charge is -2.34. The van der Waals surface area contributed by atoms with E-state index < -0.39 is 0 Å². The first-order valence-corrected chi connectivity index (χ1v) is 8.87. The van der Waals surface area contributed by atoms with Crippen molar-refractivity contribution < 1.29 is 4.79 Å². The second-order valence-electron chi connectivity index (χ2n) is 6.09. The lowest BCUT2D eigenvalue weighted by molar-refractivity contribution is 0.0936. The van der Waals surface area contributed by atoms with Gasteiger partial charge in [-0.1, -0.05) is 25.4 Å². The van der Waals surface area contributed by atoms with Crippen LogP contribution in [0.2, 0.25) is 5.02 Å². The van der Waals surface area contributed by atoms with Crippen LogP contribution < -0.4 is 5.32 Å². The number of benzene rings is 1. The van der Waals surface area contributed by atoms with Gasteiger partial charge in [0.2, 0.25) is 0 Å². The smallest absolute Gasteiger partial charge is 0.252 e. The average Bonchev–Trinajstić information content (AvgIpc) is 2.40. The van der Waals surface area contributed by atoms with Gasteiger partial charge in [0.25, 0.3) is 5.91 Å². The summed E-state index contributed by atoms with van der Waals surface area (Å²) in [7, 11) is 0. The number of nitrogens with zero attached hydrogens (tertiary/aromatic N) is 1. The third kappa shape index (κ3) is 5.11. The zero-order valence-corrected chi connectivity index (χ0v) is 15.4. The highest BCUT2D eigenvalue weighted by molar-refractivity contribution is 14.1. The molecule has 1 N–H and O–H groups in total. The number of nitrogens with one attached hydrogen (secondary N) is 1. The Balaban J connectivity index is 1.83. The normalized spacial score (nSPS) is 23.0. The van der Waals surface area contributed by atoms with E-state index in [4.69, 9.17) is 11.6 Å². The van der Waals surface area contributed by atoms with E-state index in [2.05, 4.69) is 46.7 Å². The highest BCUT2D eigenvalue weighted by atomic mass is 127. The van der Waals surface area contributed by atoms with Crippen LogP contribution in [0.15, 0.2) is 18.2 Å². The molecule has 1 aromatic rings. The summed E-state index contributed by atoms with van der Waals surface area (Å²) < 4.78 is 0.926. The summed E-state index contributed by atoms with van der Waals surface area (Å²) in [5.41, 5.74) is 0.656. The first-order valence-electron chi connectivity index (χ1n) is 7.41. The Morgan fingerprint density at radius 1 is 1.38 bits per heavy atom. The number of hydrogen-bond acceptors (Lipinski definition) is 2. The largest absolute Gasteiger partial charge is 0.351 e. The molecule has 1 aromatic carbocycles. The molecule has 2 rings (SSSR count). The number of hydrogen-bond donors (Lipinski definition) is 1. The Hall–Kier alpha value is -0.330. The topological polar surface area (TPSA) is 32.3 Å². The fourth-order valence-corrected chi connectivity index (χ4v) is 3.82. The fourth-order valence-electron chi connectivity index (χ4n) is 3.07. The van der Waals surface area contributed by atoms with E-state index in [-0.39, 0.29) is 5.91 Å². The number of piperidine rings is 1. The van der Waals surface area contributed by atoms with Crippen LogP contribution in [0.5, 0.6) is 0 Å². The molecular weight excluding hydrogens is 399 g/mol. The number of amides is 1. The molecule has 0 spiro atoms. The molecule has 0 aromatic heterocycles. The lowest BCUT2D eigenvalue weighted by atomic mass is 9.92. The highest BCUT2D eigenvalue weighted by Crippen LogP contribution is 2.20. The maximum atomic E-state index is 12.2. The maximum Gasteiger partial charge on any atom is 0.252 e. The molecule has 1 aliphatic rings. The minimum Gasteiger partial charge on any atom is -0.351 e. The summed E-state index contributed by atoms with van der Waals surface area (Å²) in [5.74, 6) is 1.46. The first-order chi connectivity index (χ1) is 9.95. The van der Waals surface area contributed by atoms with Crippen LogP contribution in [0, 0.1) is 15.4 Å². The molecule has 2 unspecified atom stereocenters. The summed E-state index contributed by atoms with van der Waals surface area (Å²) in [6, 6.07) is 5.39. The summed E-state index contributed by atoms with van der Waals surface area (Å²) in [6.45, 7) is 8.47. The molecule has 2 atom stereocenters. The van der Waals surface area contributed by atoms with Gasteiger partial charge in [0, 0.05) is 34.8 Å². The summed E-state index contributed by atoms with van der Waals surface area (Å²) >= 11 is 8.12. The number of carbonyl (C=O) groups is 1. The lowest BCUT2D eigenvalue weighted by Crippen LogP contribution is -2.42. The fraction of sp³-hybridized carbons (Fsp3) is 0.562. The molecule has 21 heavy (non-hydrogen) atoms. The van der Waals surface area contributed by atoms with Crippen LogP contribution >= 0.6 is 34.2 Å². The molecule has 0 radical (unpaired) electrons. The van der Waals surface area contributed by atoms with Crippen molar-refractivity contribution in [2.45, 2.75) is 20.3 Å². The van der Waals surface area contributed by atoms with Gasteiger partial charge in [-0.05, 0) is 59.0 Å². The highest BCUT2D eigenvalue weighted by Gasteiger charge is 2.21. The van der Waals surface area contributed by atoms with Crippen molar-refractivity contribution in [2.24, 2.45) is 11.8 Å². The Morgan fingerprint density at radius 2 is 2.05 bits per heavy atom. The van der Waals surface area contributed by atoms with Crippen molar-refractivity contribution in [3.05, 3.63) is 32.4 Å². The molecule has 1 heterocycles. The van der Waals surface area contributed by atoms with Crippen LogP contribution in [-0.4, -0.2) is 37.0 Å². The minimum atomic E-state index is -0.0417. The Morgan fingerprint density at radius 3 is 2.71 bits per heavy atom.